The summed E-state index contributed by atoms with van der Waals surface area (Å²) in [6, 6.07) is 4.08. The van der Waals surface area contributed by atoms with E-state index in [2.05, 4.69) is 37.5 Å². The molecular formula is C12H14BrN3OS. The number of carbonyl (C=O) groups is 1. The van der Waals surface area contributed by atoms with Crippen LogP contribution in [0.15, 0.2) is 15.9 Å². The highest BCUT2D eigenvalue weighted by Crippen LogP contribution is 2.22. The van der Waals surface area contributed by atoms with Crippen molar-refractivity contribution in [2.24, 2.45) is 0 Å². The minimum atomic E-state index is -0.0608. The molecule has 0 saturated carbocycles. The van der Waals surface area contributed by atoms with Crippen molar-refractivity contribution in [3.8, 4) is 0 Å². The second-order valence-electron chi connectivity index (χ2n) is 4.02. The zero-order chi connectivity index (χ0) is 13.1. The van der Waals surface area contributed by atoms with Gasteiger partial charge in [-0.3, -0.25) is 9.89 Å². The van der Waals surface area contributed by atoms with Crippen molar-refractivity contribution >= 4 is 33.2 Å². The molecule has 96 valence electrons. The largest absolute Gasteiger partial charge is 0.352 e. The topological polar surface area (TPSA) is 57.8 Å². The number of amides is 1. The Morgan fingerprint density at radius 3 is 2.83 bits per heavy atom. The van der Waals surface area contributed by atoms with E-state index in [0.29, 0.717) is 12.1 Å². The number of nitrogens with one attached hydrogen (secondary N) is 2. The summed E-state index contributed by atoms with van der Waals surface area (Å²) in [6.45, 7) is 4.32. The van der Waals surface area contributed by atoms with Crippen LogP contribution < -0.4 is 5.32 Å². The average molecular weight is 328 g/mol. The van der Waals surface area contributed by atoms with Crippen LogP contribution in [-0.2, 0) is 6.42 Å². The molecule has 0 saturated heterocycles. The van der Waals surface area contributed by atoms with Gasteiger partial charge in [0.25, 0.3) is 5.91 Å². The van der Waals surface area contributed by atoms with E-state index in [-0.39, 0.29) is 5.91 Å². The fraction of sp³-hybridized carbons (Fsp3) is 0.333. The molecule has 0 unspecified atom stereocenters. The lowest BCUT2D eigenvalue weighted by Crippen LogP contribution is -2.26. The lowest BCUT2D eigenvalue weighted by Gasteiger charge is -2.04. The van der Waals surface area contributed by atoms with Crippen molar-refractivity contribution in [2.75, 3.05) is 6.54 Å². The molecule has 6 heteroatoms. The minimum absolute atomic E-state index is 0.0608. The van der Waals surface area contributed by atoms with Crippen LogP contribution in [0.4, 0.5) is 0 Å². The van der Waals surface area contributed by atoms with Crippen LogP contribution in [0.2, 0.25) is 0 Å². The normalized spacial score (nSPS) is 10.6. The number of rotatable bonds is 4. The molecule has 2 aromatic heterocycles. The summed E-state index contributed by atoms with van der Waals surface area (Å²) in [6.07, 6.45) is 0.845. The summed E-state index contributed by atoms with van der Waals surface area (Å²) in [5, 5.41) is 9.75. The zero-order valence-electron chi connectivity index (χ0n) is 10.2. The maximum absolute atomic E-state index is 12.0. The van der Waals surface area contributed by atoms with Gasteiger partial charge in [0, 0.05) is 17.1 Å². The molecule has 18 heavy (non-hydrogen) atoms. The fourth-order valence-corrected chi connectivity index (χ4v) is 3.24. The Morgan fingerprint density at radius 2 is 2.28 bits per heavy atom. The number of aromatic amines is 1. The SMILES string of the molecule is Cc1n[nH]c(C)c1C(=O)NCCc1ccc(Br)s1. The molecule has 2 heterocycles. The summed E-state index contributed by atoms with van der Waals surface area (Å²) in [7, 11) is 0. The number of aryl methyl sites for hydroxylation is 2. The number of hydrogen-bond donors (Lipinski definition) is 2. The van der Waals surface area contributed by atoms with Crippen LogP contribution in [-0.4, -0.2) is 22.6 Å². The monoisotopic (exact) mass is 327 g/mol. The second-order valence-corrected chi connectivity index (χ2v) is 6.57. The van der Waals surface area contributed by atoms with Gasteiger partial charge < -0.3 is 5.32 Å². The van der Waals surface area contributed by atoms with Crippen molar-refractivity contribution in [1.29, 1.82) is 0 Å². The third kappa shape index (κ3) is 3.00. The van der Waals surface area contributed by atoms with Gasteiger partial charge in [0.05, 0.1) is 15.0 Å². The number of halogens is 1. The molecule has 0 spiro atoms. The number of aromatic nitrogens is 2. The summed E-state index contributed by atoms with van der Waals surface area (Å²) in [4.78, 5) is 13.2. The van der Waals surface area contributed by atoms with Gasteiger partial charge in [0.1, 0.15) is 0 Å². The van der Waals surface area contributed by atoms with Crippen molar-refractivity contribution in [3.63, 3.8) is 0 Å². The first-order valence-electron chi connectivity index (χ1n) is 5.62. The van der Waals surface area contributed by atoms with Crippen molar-refractivity contribution < 1.29 is 4.79 Å². The first-order valence-corrected chi connectivity index (χ1v) is 7.23. The first-order chi connectivity index (χ1) is 8.58. The fourth-order valence-electron chi connectivity index (χ4n) is 1.76. The third-order valence-corrected chi connectivity index (χ3v) is 4.32. The van der Waals surface area contributed by atoms with Crippen LogP contribution in [0.25, 0.3) is 0 Å². The van der Waals surface area contributed by atoms with Crippen molar-refractivity contribution in [2.45, 2.75) is 20.3 Å². The molecule has 0 bridgehead atoms. The first kappa shape index (κ1) is 13.3. The van der Waals surface area contributed by atoms with E-state index in [4.69, 9.17) is 0 Å². The Labute approximate surface area is 118 Å². The van der Waals surface area contributed by atoms with E-state index < -0.39 is 0 Å². The molecule has 0 aliphatic carbocycles. The van der Waals surface area contributed by atoms with Crippen LogP contribution in [0, 0.1) is 13.8 Å². The average Bonchev–Trinajstić information content (AvgIpc) is 2.86. The summed E-state index contributed by atoms with van der Waals surface area (Å²) < 4.78 is 1.12. The Kier molecular flexibility index (Phi) is 4.19. The number of thiophene rings is 1. The van der Waals surface area contributed by atoms with Crippen LogP contribution in [0.5, 0.6) is 0 Å². The molecule has 0 atom stereocenters. The maximum Gasteiger partial charge on any atom is 0.255 e. The van der Waals surface area contributed by atoms with E-state index in [1.165, 1.54) is 4.88 Å². The minimum Gasteiger partial charge on any atom is -0.352 e. The van der Waals surface area contributed by atoms with E-state index in [1.807, 2.05) is 19.9 Å². The molecule has 0 aromatic carbocycles. The predicted octanol–water partition coefficient (Wildman–Crippen LogP) is 2.82. The summed E-state index contributed by atoms with van der Waals surface area (Å²) in [5.74, 6) is -0.0608. The molecule has 2 rings (SSSR count). The molecule has 2 N–H and O–H groups in total. The lowest BCUT2D eigenvalue weighted by atomic mass is 10.2. The highest BCUT2D eigenvalue weighted by Gasteiger charge is 2.14. The van der Waals surface area contributed by atoms with E-state index in [1.54, 1.807) is 11.3 Å². The molecule has 0 radical (unpaired) electrons. The summed E-state index contributed by atoms with van der Waals surface area (Å²) >= 11 is 5.11. The Balaban J connectivity index is 1.89. The van der Waals surface area contributed by atoms with Gasteiger partial charge in [0.15, 0.2) is 0 Å². The van der Waals surface area contributed by atoms with E-state index in [9.17, 15) is 4.79 Å². The number of nitrogens with zero attached hydrogens (tertiary/aromatic N) is 1. The van der Waals surface area contributed by atoms with Crippen LogP contribution in [0.1, 0.15) is 26.6 Å². The smallest absolute Gasteiger partial charge is 0.255 e. The standard InChI is InChI=1S/C12H14BrN3OS/c1-7-11(8(2)16-15-7)12(17)14-6-5-9-3-4-10(13)18-9/h3-4H,5-6H2,1-2H3,(H,14,17)(H,15,16). The van der Waals surface area contributed by atoms with E-state index >= 15 is 0 Å². The van der Waals surface area contributed by atoms with Gasteiger partial charge in [0.2, 0.25) is 0 Å². The highest BCUT2D eigenvalue weighted by molar-refractivity contribution is 9.11. The second kappa shape index (κ2) is 5.67. The van der Waals surface area contributed by atoms with E-state index in [0.717, 1.165) is 21.6 Å². The van der Waals surface area contributed by atoms with Gasteiger partial charge in [-0.05, 0) is 48.3 Å². The molecule has 1 amide bonds. The molecule has 2 aromatic rings. The van der Waals surface area contributed by atoms with Crippen molar-refractivity contribution in [1.82, 2.24) is 15.5 Å². The number of carbonyl (C=O) groups excluding carboxylic acids is 1. The third-order valence-electron chi connectivity index (χ3n) is 2.64. The molecule has 4 nitrogen and oxygen atoms in total. The molecule has 0 fully saturated rings. The Hall–Kier alpha value is -1.14. The van der Waals surface area contributed by atoms with Gasteiger partial charge in [-0.15, -0.1) is 11.3 Å². The molecule has 0 aliphatic heterocycles. The predicted molar refractivity (Wildman–Crippen MR) is 76.1 cm³/mol. The maximum atomic E-state index is 12.0. The van der Waals surface area contributed by atoms with Crippen LogP contribution in [0.3, 0.4) is 0 Å². The van der Waals surface area contributed by atoms with Gasteiger partial charge in [-0.25, -0.2) is 0 Å². The number of H-pyrrole nitrogens is 1. The molecular weight excluding hydrogens is 314 g/mol. The van der Waals surface area contributed by atoms with Gasteiger partial charge in [-0.2, -0.15) is 5.10 Å². The molecule has 0 aliphatic rings. The van der Waals surface area contributed by atoms with Crippen LogP contribution >= 0.6 is 27.3 Å². The van der Waals surface area contributed by atoms with Gasteiger partial charge in [-0.1, -0.05) is 0 Å². The lowest BCUT2D eigenvalue weighted by molar-refractivity contribution is 0.0953. The Bertz CT molecular complexity index is 542. The van der Waals surface area contributed by atoms with Gasteiger partial charge >= 0.3 is 0 Å². The zero-order valence-corrected chi connectivity index (χ0v) is 12.6. The number of hydrogen-bond acceptors (Lipinski definition) is 3. The highest BCUT2D eigenvalue weighted by atomic mass is 79.9. The Morgan fingerprint density at radius 1 is 1.50 bits per heavy atom. The quantitative estimate of drug-likeness (QED) is 0.907. The van der Waals surface area contributed by atoms with Crippen molar-refractivity contribution in [3.05, 3.63) is 37.7 Å². The summed E-state index contributed by atoms with van der Waals surface area (Å²) in [5.41, 5.74) is 2.20.